The molecule has 0 atom stereocenters. The van der Waals surface area contributed by atoms with Crippen molar-refractivity contribution in [2.75, 3.05) is 17.7 Å². The molecule has 3 rings (SSSR count). The quantitative estimate of drug-likeness (QED) is 0.742. The molecule has 0 aliphatic rings. The Morgan fingerprint density at radius 1 is 1.12 bits per heavy atom. The number of furan rings is 1. The van der Waals surface area contributed by atoms with Crippen LogP contribution in [0.5, 0.6) is 5.88 Å². The average Bonchev–Trinajstić information content (AvgIpc) is 3.27. The molecule has 8 heteroatoms. The van der Waals surface area contributed by atoms with Gasteiger partial charge in [0, 0.05) is 6.07 Å². The fourth-order valence-electron chi connectivity index (χ4n) is 1.88. The number of pyridine rings is 1. The standard InChI is InChI=1S/C16H13N3O4S/c1-22-13-6-4-10(9-17-13)18-16(21)12-5-7-14(24-12)19-15(20)11-3-2-8-23-11/h2-9H,1H3,(H,18,21)(H,19,20). The molecule has 0 bridgehead atoms. The number of thiophene rings is 1. The highest BCUT2D eigenvalue weighted by Crippen LogP contribution is 2.24. The number of ether oxygens (including phenoxy) is 1. The second kappa shape index (κ2) is 6.97. The second-order valence-electron chi connectivity index (χ2n) is 4.64. The molecule has 0 radical (unpaired) electrons. The van der Waals surface area contributed by atoms with E-state index in [1.54, 1.807) is 36.4 Å². The lowest BCUT2D eigenvalue weighted by Crippen LogP contribution is -2.10. The van der Waals surface area contributed by atoms with Gasteiger partial charge in [0.25, 0.3) is 11.8 Å². The van der Waals surface area contributed by atoms with Crippen LogP contribution in [-0.2, 0) is 0 Å². The van der Waals surface area contributed by atoms with Gasteiger partial charge in [0.1, 0.15) is 0 Å². The molecule has 122 valence electrons. The number of anilines is 2. The highest BCUT2D eigenvalue weighted by Gasteiger charge is 2.13. The van der Waals surface area contributed by atoms with Crippen LogP contribution in [0.25, 0.3) is 0 Å². The lowest BCUT2D eigenvalue weighted by molar-refractivity contribution is 0.0995. The maximum absolute atomic E-state index is 12.2. The van der Waals surface area contributed by atoms with Gasteiger partial charge in [0.2, 0.25) is 5.88 Å². The topological polar surface area (TPSA) is 93.5 Å². The van der Waals surface area contributed by atoms with E-state index < -0.39 is 0 Å². The zero-order valence-corrected chi connectivity index (χ0v) is 13.4. The third-order valence-corrected chi connectivity index (χ3v) is 4.01. The largest absolute Gasteiger partial charge is 0.481 e. The normalized spacial score (nSPS) is 10.2. The van der Waals surface area contributed by atoms with E-state index in [4.69, 9.17) is 9.15 Å². The molecule has 0 aliphatic heterocycles. The summed E-state index contributed by atoms with van der Waals surface area (Å²) in [5.41, 5.74) is 0.551. The van der Waals surface area contributed by atoms with Crippen molar-refractivity contribution in [1.82, 2.24) is 4.98 Å². The first-order valence-electron chi connectivity index (χ1n) is 6.92. The first-order chi connectivity index (χ1) is 11.7. The highest BCUT2D eigenvalue weighted by molar-refractivity contribution is 7.18. The van der Waals surface area contributed by atoms with E-state index in [0.717, 1.165) is 11.3 Å². The van der Waals surface area contributed by atoms with Crippen LogP contribution in [0.15, 0.2) is 53.3 Å². The van der Waals surface area contributed by atoms with Crippen molar-refractivity contribution >= 4 is 33.8 Å². The zero-order valence-electron chi connectivity index (χ0n) is 12.6. The minimum absolute atomic E-state index is 0.207. The Hall–Kier alpha value is -3.13. The molecule has 2 amide bonds. The summed E-state index contributed by atoms with van der Waals surface area (Å²) in [6, 6.07) is 9.83. The Bertz CT molecular complexity index is 841. The molecule has 0 saturated carbocycles. The summed E-state index contributed by atoms with van der Waals surface area (Å²) in [6.07, 6.45) is 2.93. The summed E-state index contributed by atoms with van der Waals surface area (Å²) in [6.45, 7) is 0. The smallest absolute Gasteiger partial charge is 0.291 e. The van der Waals surface area contributed by atoms with Gasteiger partial charge in [0.15, 0.2) is 5.76 Å². The maximum atomic E-state index is 12.2. The van der Waals surface area contributed by atoms with E-state index in [9.17, 15) is 9.59 Å². The Labute approximate surface area is 141 Å². The van der Waals surface area contributed by atoms with E-state index in [1.165, 1.54) is 19.6 Å². The summed E-state index contributed by atoms with van der Waals surface area (Å²) >= 11 is 1.16. The van der Waals surface area contributed by atoms with Gasteiger partial charge in [-0.3, -0.25) is 9.59 Å². The van der Waals surface area contributed by atoms with Crippen molar-refractivity contribution in [2.24, 2.45) is 0 Å². The van der Waals surface area contributed by atoms with Crippen LogP contribution in [0.2, 0.25) is 0 Å². The third kappa shape index (κ3) is 3.61. The number of methoxy groups -OCH3 is 1. The van der Waals surface area contributed by atoms with Crippen molar-refractivity contribution in [2.45, 2.75) is 0 Å². The average molecular weight is 343 g/mol. The molecule has 3 aromatic rings. The summed E-state index contributed by atoms with van der Waals surface area (Å²) in [5.74, 6) is 0.0179. The van der Waals surface area contributed by atoms with Gasteiger partial charge < -0.3 is 19.8 Å². The molecule has 0 saturated heterocycles. The second-order valence-corrected chi connectivity index (χ2v) is 5.72. The minimum Gasteiger partial charge on any atom is -0.481 e. The number of nitrogens with zero attached hydrogens (tertiary/aromatic N) is 1. The number of hydrogen-bond acceptors (Lipinski definition) is 6. The molecule has 0 aliphatic carbocycles. The third-order valence-electron chi connectivity index (χ3n) is 3.01. The van der Waals surface area contributed by atoms with E-state index in [1.807, 2.05) is 0 Å². The number of carbonyl (C=O) groups is 2. The summed E-state index contributed by atoms with van der Waals surface area (Å²) in [5, 5.41) is 5.95. The first kappa shape index (κ1) is 15.8. The minimum atomic E-state index is -0.367. The fourth-order valence-corrected chi connectivity index (χ4v) is 2.67. The van der Waals surface area contributed by atoms with Crippen molar-refractivity contribution < 1.29 is 18.7 Å². The molecule has 2 N–H and O–H groups in total. The van der Waals surface area contributed by atoms with Gasteiger partial charge in [-0.2, -0.15) is 0 Å². The molecule has 0 spiro atoms. The van der Waals surface area contributed by atoms with Gasteiger partial charge in [0.05, 0.1) is 35.1 Å². The fraction of sp³-hybridized carbons (Fsp3) is 0.0625. The summed E-state index contributed by atoms with van der Waals surface area (Å²) in [4.78, 5) is 28.6. The predicted molar refractivity (Wildman–Crippen MR) is 89.7 cm³/mol. The SMILES string of the molecule is COc1ccc(NC(=O)c2ccc(NC(=O)c3ccco3)s2)cn1. The number of aromatic nitrogens is 1. The molecule has 3 heterocycles. The Kier molecular flexibility index (Phi) is 4.57. The molecule has 0 aromatic carbocycles. The maximum Gasteiger partial charge on any atom is 0.291 e. The lowest BCUT2D eigenvalue weighted by atomic mass is 10.3. The van der Waals surface area contributed by atoms with Gasteiger partial charge in [-0.1, -0.05) is 0 Å². The first-order valence-corrected chi connectivity index (χ1v) is 7.73. The molecule has 3 aromatic heterocycles. The van der Waals surface area contributed by atoms with Crippen molar-refractivity contribution in [3.05, 3.63) is 59.5 Å². The lowest BCUT2D eigenvalue weighted by Gasteiger charge is -2.04. The van der Waals surface area contributed by atoms with Gasteiger partial charge in [-0.05, 0) is 30.3 Å². The van der Waals surface area contributed by atoms with Crippen LogP contribution in [0.1, 0.15) is 20.2 Å². The van der Waals surface area contributed by atoms with Gasteiger partial charge >= 0.3 is 0 Å². The van der Waals surface area contributed by atoms with E-state index in [-0.39, 0.29) is 17.6 Å². The summed E-state index contributed by atoms with van der Waals surface area (Å²) < 4.78 is 9.98. The number of carbonyl (C=O) groups excluding carboxylic acids is 2. The molecular weight excluding hydrogens is 330 g/mol. The van der Waals surface area contributed by atoms with Crippen molar-refractivity contribution in [1.29, 1.82) is 0 Å². The summed E-state index contributed by atoms with van der Waals surface area (Å²) in [7, 11) is 1.52. The van der Waals surface area contributed by atoms with Gasteiger partial charge in [-0.15, -0.1) is 11.3 Å². The van der Waals surface area contributed by atoms with Crippen LogP contribution in [0.4, 0.5) is 10.7 Å². The number of rotatable bonds is 5. The Morgan fingerprint density at radius 3 is 2.67 bits per heavy atom. The van der Waals surface area contributed by atoms with Crippen LogP contribution >= 0.6 is 11.3 Å². The molecule has 0 fully saturated rings. The van der Waals surface area contributed by atoms with Crippen molar-refractivity contribution in [3.8, 4) is 5.88 Å². The Morgan fingerprint density at radius 2 is 2.00 bits per heavy atom. The van der Waals surface area contributed by atoms with Crippen LogP contribution in [-0.4, -0.2) is 23.9 Å². The van der Waals surface area contributed by atoms with E-state index in [2.05, 4.69) is 15.6 Å². The number of nitrogens with one attached hydrogen (secondary N) is 2. The number of hydrogen-bond donors (Lipinski definition) is 2. The zero-order chi connectivity index (χ0) is 16.9. The molecule has 0 unspecified atom stereocenters. The molecule has 7 nitrogen and oxygen atoms in total. The van der Waals surface area contributed by atoms with Crippen molar-refractivity contribution in [3.63, 3.8) is 0 Å². The van der Waals surface area contributed by atoms with Crippen LogP contribution in [0.3, 0.4) is 0 Å². The van der Waals surface area contributed by atoms with E-state index >= 15 is 0 Å². The monoisotopic (exact) mass is 343 g/mol. The van der Waals surface area contributed by atoms with Crippen LogP contribution in [0, 0.1) is 0 Å². The molecule has 24 heavy (non-hydrogen) atoms. The van der Waals surface area contributed by atoms with E-state index in [0.29, 0.717) is 21.4 Å². The molecular formula is C16H13N3O4S. The number of amides is 2. The highest BCUT2D eigenvalue weighted by atomic mass is 32.1. The van der Waals surface area contributed by atoms with Crippen LogP contribution < -0.4 is 15.4 Å². The predicted octanol–water partition coefficient (Wildman–Crippen LogP) is 3.25. The Balaban J connectivity index is 1.63. The van der Waals surface area contributed by atoms with Gasteiger partial charge in [-0.25, -0.2) is 4.98 Å².